The molecule has 1 amide bonds. The summed E-state index contributed by atoms with van der Waals surface area (Å²) in [6, 6.07) is 4.60. The van der Waals surface area contributed by atoms with Crippen LogP contribution in [0.5, 0.6) is 0 Å². The minimum Gasteiger partial charge on any atom is -0.328 e. The fraction of sp³-hybridized carbons (Fsp3) is 0.591. The summed E-state index contributed by atoms with van der Waals surface area (Å²) in [5.74, 6) is 2.44. The minimum absolute atomic E-state index is 0.460. The number of hydrogen-bond donors (Lipinski definition) is 1. The molecular weight excluding hydrogens is 294 g/mol. The Labute approximate surface area is 145 Å². The quantitative estimate of drug-likeness (QED) is 0.575. The van der Waals surface area contributed by atoms with Gasteiger partial charge < -0.3 is 5.32 Å². The van der Waals surface area contributed by atoms with Crippen molar-refractivity contribution in [2.24, 2.45) is 17.3 Å². The van der Waals surface area contributed by atoms with E-state index in [9.17, 15) is 4.79 Å². The van der Waals surface area contributed by atoms with Crippen LogP contribution in [-0.4, -0.2) is 6.41 Å². The number of amides is 1. The molecule has 0 saturated heterocycles. The molecule has 1 aromatic rings. The molecule has 3 aliphatic rings. The van der Waals surface area contributed by atoms with E-state index in [-0.39, 0.29) is 0 Å². The average molecular weight is 323 g/mol. The average Bonchev–Trinajstić information content (AvgIpc) is 2.92. The van der Waals surface area contributed by atoms with Gasteiger partial charge in [-0.25, -0.2) is 0 Å². The second-order valence-corrected chi connectivity index (χ2v) is 8.35. The van der Waals surface area contributed by atoms with Crippen molar-refractivity contribution in [3.8, 4) is 0 Å². The Bertz CT molecular complexity index is 704. The number of anilines is 1. The Morgan fingerprint density at radius 1 is 1.21 bits per heavy atom. The maximum atomic E-state index is 10.8. The molecule has 0 aromatic heterocycles. The van der Waals surface area contributed by atoms with Gasteiger partial charge in [0.15, 0.2) is 0 Å². The summed E-state index contributed by atoms with van der Waals surface area (Å²) in [4.78, 5) is 10.8. The maximum absolute atomic E-state index is 10.8. The highest BCUT2D eigenvalue weighted by Crippen LogP contribution is 2.62. The van der Waals surface area contributed by atoms with Gasteiger partial charge >= 0.3 is 0 Å². The summed E-state index contributed by atoms with van der Waals surface area (Å²) in [7, 11) is 0. The second kappa shape index (κ2) is 5.75. The zero-order chi connectivity index (χ0) is 16.9. The minimum atomic E-state index is 0.460. The van der Waals surface area contributed by atoms with Crippen molar-refractivity contribution < 1.29 is 4.79 Å². The highest BCUT2D eigenvalue weighted by Gasteiger charge is 2.52. The molecule has 128 valence electrons. The lowest BCUT2D eigenvalue weighted by molar-refractivity contribution is -0.105. The number of benzene rings is 1. The number of carbonyl (C=O) groups is 1. The lowest BCUT2D eigenvalue weighted by Gasteiger charge is -2.49. The highest BCUT2D eigenvalue weighted by atomic mass is 16.1. The van der Waals surface area contributed by atoms with Gasteiger partial charge in [0.25, 0.3) is 0 Å². The molecular formula is C22H29NO. The molecule has 4 atom stereocenters. The fourth-order valence-electron chi connectivity index (χ4n) is 6.28. The van der Waals surface area contributed by atoms with Crippen LogP contribution in [0.1, 0.15) is 68.6 Å². The maximum Gasteiger partial charge on any atom is 0.211 e. The van der Waals surface area contributed by atoms with E-state index in [1.165, 1.54) is 49.7 Å². The van der Waals surface area contributed by atoms with Gasteiger partial charge in [-0.3, -0.25) is 4.79 Å². The van der Waals surface area contributed by atoms with Gasteiger partial charge in [-0.05, 0) is 98.3 Å². The fourth-order valence-corrected chi connectivity index (χ4v) is 6.28. The lowest BCUT2D eigenvalue weighted by atomic mass is 9.55. The summed E-state index contributed by atoms with van der Waals surface area (Å²) in [5.41, 5.74) is 7.42. The number of nitrogens with one attached hydrogen (secondary N) is 1. The number of rotatable bonds is 2. The van der Waals surface area contributed by atoms with E-state index >= 15 is 0 Å². The van der Waals surface area contributed by atoms with E-state index in [0.29, 0.717) is 5.41 Å². The van der Waals surface area contributed by atoms with Gasteiger partial charge in [0.05, 0.1) is 0 Å². The number of carbonyl (C=O) groups excluding carboxylic acids is 1. The number of hydrogen-bond acceptors (Lipinski definition) is 1. The molecule has 2 fully saturated rings. The van der Waals surface area contributed by atoms with E-state index in [0.717, 1.165) is 29.9 Å². The van der Waals surface area contributed by atoms with E-state index in [1.54, 1.807) is 11.1 Å². The van der Waals surface area contributed by atoms with Gasteiger partial charge in [0, 0.05) is 5.69 Å². The van der Waals surface area contributed by atoms with E-state index in [2.05, 4.69) is 44.3 Å². The molecule has 3 aliphatic carbocycles. The molecule has 0 heterocycles. The van der Waals surface area contributed by atoms with Gasteiger partial charge in [0.1, 0.15) is 0 Å². The van der Waals surface area contributed by atoms with Gasteiger partial charge in [0.2, 0.25) is 6.41 Å². The van der Waals surface area contributed by atoms with Crippen LogP contribution < -0.4 is 5.32 Å². The monoisotopic (exact) mass is 323 g/mol. The van der Waals surface area contributed by atoms with Crippen molar-refractivity contribution in [1.29, 1.82) is 0 Å². The van der Waals surface area contributed by atoms with Crippen molar-refractivity contribution in [1.82, 2.24) is 0 Å². The zero-order valence-corrected chi connectivity index (χ0v) is 15.2. The van der Waals surface area contributed by atoms with Crippen LogP contribution in [-0.2, 0) is 11.2 Å². The first kappa shape index (κ1) is 15.9. The van der Waals surface area contributed by atoms with Crippen LogP contribution in [0, 0.1) is 24.2 Å². The molecule has 0 aliphatic heterocycles. The molecule has 2 nitrogen and oxygen atoms in total. The van der Waals surface area contributed by atoms with E-state index in [4.69, 9.17) is 0 Å². The van der Waals surface area contributed by atoms with Crippen LogP contribution in [0.25, 0.3) is 0 Å². The first-order valence-corrected chi connectivity index (χ1v) is 9.57. The van der Waals surface area contributed by atoms with Crippen molar-refractivity contribution in [3.63, 3.8) is 0 Å². The van der Waals surface area contributed by atoms with Crippen molar-refractivity contribution in [2.75, 3.05) is 5.32 Å². The summed E-state index contributed by atoms with van der Waals surface area (Å²) in [6.07, 6.45) is 11.0. The SMILES string of the molecule is CC=C1CCC2C3CCc4cc(NC=O)c(C)cc4C3CC[C@]12C. The summed E-state index contributed by atoms with van der Waals surface area (Å²) in [6.45, 7) is 6.89. The Balaban J connectivity index is 1.70. The van der Waals surface area contributed by atoms with Crippen LogP contribution in [0.4, 0.5) is 5.69 Å². The molecule has 3 unspecified atom stereocenters. The first-order valence-electron chi connectivity index (χ1n) is 9.57. The Hall–Kier alpha value is -1.57. The zero-order valence-electron chi connectivity index (χ0n) is 15.2. The van der Waals surface area contributed by atoms with Gasteiger partial charge in [-0.2, -0.15) is 0 Å². The smallest absolute Gasteiger partial charge is 0.211 e. The largest absolute Gasteiger partial charge is 0.328 e. The molecule has 0 bridgehead atoms. The molecule has 1 aromatic carbocycles. The first-order chi connectivity index (χ1) is 11.6. The molecule has 2 heteroatoms. The molecule has 0 radical (unpaired) electrons. The summed E-state index contributed by atoms with van der Waals surface area (Å²) in [5, 5.41) is 2.87. The predicted octanol–water partition coefficient (Wildman–Crippen LogP) is 5.37. The van der Waals surface area contributed by atoms with Crippen molar-refractivity contribution in [3.05, 3.63) is 40.5 Å². The number of allylic oxidation sites excluding steroid dienone is 2. The highest BCUT2D eigenvalue weighted by molar-refractivity contribution is 5.74. The van der Waals surface area contributed by atoms with Crippen molar-refractivity contribution in [2.45, 2.75) is 65.2 Å². The normalized spacial score (nSPS) is 36.0. The molecule has 0 spiro atoms. The Kier molecular flexibility index (Phi) is 3.82. The van der Waals surface area contributed by atoms with Crippen molar-refractivity contribution >= 4 is 12.1 Å². The van der Waals surface area contributed by atoms with E-state index < -0.39 is 0 Å². The van der Waals surface area contributed by atoms with Crippen LogP contribution in [0.3, 0.4) is 0 Å². The topological polar surface area (TPSA) is 29.1 Å². The Morgan fingerprint density at radius 3 is 2.79 bits per heavy atom. The Morgan fingerprint density at radius 2 is 2.04 bits per heavy atom. The predicted molar refractivity (Wildman–Crippen MR) is 99.2 cm³/mol. The van der Waals surface area contributed by atoms with Crippen LogP contribution >= 0.6 is 0 Å². The standard InChI is InChI=1S/C22H29NO/c1-4-16-6-8-20-18-7-5-15-12-21(23-13-24)14(2)11-19(15)17(18)9-10-22(16,20)3/h4,11-13,17-18,20H,5-10H2,1-3H3,(H,23,24)/t17?,18?,20?,22-/m1/s1. The third-order valence-corrected chi connectivity index (χ3v) is 7.48. The van der Waals surface area contributed by atoms with Crippen LogP contribution in [0.15, 0.2) is 23.8 Å². The number of fused-ring (bicyclic) bond motifs is 5. The van der Waals surface area contributed by atoms with E-state index in [1.807, 2.05) is 0 Å². The summed E-state index contributed by atoms with van der Waals surface area (Å²) >= 11 is 0. The second-order valence-electron chi connectivity index (χ2n) is 8.35. The molecule has 4 rings (SSSR count). The third kappa shape index (κ3) is 2.18. The van der Waals surface area contributed by atoms with Gasteiger partial charge in [-0.15, -0.1) is 0 Å². The summed E-state index contributed by atoms with van der Waals surface area (Å²) < 4.78 is 0. The van der Waals surface area contributed by atoms with Crippen LogP contribution in [0.2, 0.25) is 0 Å². The lowest BCUT2D eigenvalue weighted by Crippen LogP contribution is -2.40. The third-order valence-electron chi connectivity index (χ3n) is 7.48. The molecule has 24 heavy (non-hydrogen) atoms. The number of aryl methyl sites for hydroxylation is 2. The molecule has 1 N–H and O–H groups in total. The van der Waals surface area contributed by atoms with Gasteiger partial charge in [-0.1, -0.05) is 24.6 Å². The molecule has 2 saturated carbocycles.